The van der Waals surface area contributed by atoms with Crippen molar-refractivity contribution in [1.82, 2.24) is 35.1 Å². The number of carbonyl (C=O) groups excluding carboxylic acids is 4. The molecule has 2 aliphatic heterocycles. The molecule has 254 valence electrons. The predicted molar refractivity (Wildman–Crippen MR) is 170 cm³/mol. The molecule has 16 nitrogen and oxygen atoms in total. The maximum Gasteiger partial charge on any atom is 0.224 e. The van der Waals surface area contributed by atoms with Gasteiger partial charge in [0.1, 0.15) is 11.6 Å². The molecule has 2 aliphatic rings. The second-order valence-corrected chi connectivity index (χ2v) is 14.7. The third-order valence-electron chi connectivity index (χ3n) is 7.90. The zero-order valence-electron chi connectivity index (χ0n) is 26.5. The van der Waals surface area contributed by atoms with Crippen LogP contribution in [0.2, 0.25) is 0 Å². The number of phenols is 1. The van der Waals surface area contributed by atoms with Gasteiger partial charge in [-0.1, -0.05) is 6.92 Å². The van der Waals surface area contributed by atoms with Crippen molar-refractivity contribution in [1.29, 1.82) is 0 Å². The summed E-state index contributed by atoms with van der Waals surface area (Å²) in [6.45, 7) is 6.37. The summed E-state index contributed by atoms with van der Waals surface area (Å²) in [6.07, 6.45) is 7.96. The molecule has 2 fully saturated rings. The van der Waals surface area contributed by atoms with Gasteiger partial charge in [-0.15, -0.1) is 0 Å². The van der Waals surface area contributed by atoms with E-state index in [-0.39, 0.29) is 52.0 Å². The maximum absolute atomic E-state index is 12.6. The smallest absolute Gasteiger partial charge is 0.224 e. The second kappa shape index (κ2) is 15.5. The van der Waals surface area contributed by atoms with Crippen LogP contribution in [0.3, 0.4) is 0 Å². The number of benzene rings is 1. The number of nitrogens with zero attached hydrogens (tertiary/aromatic N) is 4. The Labute approximate surface area is 274 Å². The fraction of sp³-hybridized carbons (Fsp3) is 0.467. The Balaban J connectivity index is 0.000000280. The van der Waals surface area contributed by atoms with E-state index in [0.29, 0.717) is 19.5 Å². The number of rotatable bonds is 9. The minimum Gasteiger partial charge on any atom is -0.356 e. The van der Waals surface area contributed by atoms with Gasteiger partial charge in [0.25, 0.3) is 0 Å². The van der Waals surface area contributed by atoms with Crippen LogP contribution in [0, 0.1) is 0 Å². The van der Waals surface area contributed by atoms with Crippen molar-refractivity contribution in [2.75, 3.05) is 25.0 Å². The molecule has 2 aromatic heterocycles. The molecule has 1 aromatic carbocycles. The number of aromatic nitrogens is 4. The summed E-state index contributed by atoms with van der Waals surface area (Å²) in [5.41, 5.74) is 1.61. The Morgan fingerprint density at radius 2 is 1.47 bits per heavy atom. The van der Waals surface area contributed by atoms with Gasteiger partial charge in [0.05, 0.1) is 35.9 Å². The molecular weight excluding hydrogens is 675 g/mol. The molecule has 2 saturated heterocycles. The molecule has 0 saturated carbocycles. The van der Waals surface area contributed by atoms with Crippen LogP contribution in [-0.2, 0) is 22.9 Å². The topological polar surface area (TPSA) is 234 Å². The number of aromatic hydroxyl groups is 1. The van der Waals surface area contributed by atoms with Crippen LogP contribution >= 0.6 is 0 Å². The minimum atomic E-state index is -4.98. The van der Waals surface area contributed by atoms with Crippen molar-refractivity contribution in [3.63, 3.8) is 0 Å². The first kappa shape index (κ1) is 35.5. The van der Waals surface area contributed by atoms with Crippen molar-refractivity contribution in [2.24, 2.45) is 0 Å². The molecular formula is C30H41AsN8O8. The quantitative estimate of drug-likeness (QED) is 0.122. The van der Waals surface area contributed by atoms with Crippen molar-refractivity contribution in [3.8, 4) is 17.1 Å². The second-order valence-electron chi connectivity index (χ2n) is 11.4. The molecule has 2 atom stereocenters. The predicted octanol–water partition coefficient (Wildman–Crippen LogP) is 0.975. The van der Waals surface area contributed by atoms with Crippen molar-refractivity contribution >= 4 is 47.8 Å². The van der Waals surface area contributed by atoms with E-state index in [4.69, 9.17) is 8.19 Å². The van der Waals surface area contributed by atoms with Crippen LogP contribution in [-0.4, -0.2) is 100 Å². The van der Waals surface area contributed by atoms with E-state index in [9.17, 15) is 28.0 Å². The molecule has 4 heterocycles. The van der Waals surface area contributed by atoms with Gasteiger partial charge in [-0.25, -0.2) is 9.97 Å². The molecule has 4 amide bonds. The van der Waals surface area contributed by atoms with Gasteiger partial charge in [0, 0.05) is 39.4 Å². The monoisotopic (exact) mass is 716 g/mol. The zero-order valence-corrected chi connectivity index (χ0v) is 28.4. The molecule has 47 heavy (non-hydrogen) atoms. The first-order valence-corrected chi connectivity index (χ1v) is 18.8. The molecule has 0 radical (unpaired) electrons. The largest absolute Gasteiger partial charge is 0.356 e. The van der Waals surface area contributed by atoms with E-state index >= 15 is 0 Å². The van der Waals surface area contributed by atoms with Crippen molar-refractivity contribution in [3.05, 3.63) is 42.2 Å². The number of hydrogen-bond acceptors (Lipinski definition) is 8. The first-order chi connectivity index (χ1) is 22.3. The van der Waals surface area contributed by atoms with E-state index in [2.05, 4.69) is 30.6 Å². The van der Waals surface area contributed by atoms with Crippen LogP contribution in [0.5, 0.6) is 5.75 Å². The van der Waals surface area contributed by atoms with E-state index in [1.165, 1.54) is 13.8 Å². The summed E-state index contributed by atoms with van der Waals surface area (Å²) in [4.78, 5) is 66.2. The van der Waals surface area contributed by atoms with Crippen LogP contribution in [0.25, 0.3) is 11.4 Å². The molecule has 17 heteroatoms. The van der Waals surface area contributed by atoms with Gasteiger partial charge >= 0.3 is 88.1 Å². The van der Waals surface area contributed by atoms with Crippen molar-refractivity contribution < 1.29 is 36.2 Å². The number of amides is 4. The molecule has 7 N–H and O–H groups in total. The average Bonchev–Trinajstić information content (AvgIpc) is 3.83. The van der Waals surface area contributed by atoms with Gasteiger partial charge in [-0.3, -0.25) is 14.4 Å². The van der Waals surface area contributed by atoms with Gasteiger partial charge in [0.15, 0.2) is 0 Å². The van der Waals surface area contributed by atoms with E-state index in [0.717, 1.165) is 73.5 Å². The fourth-order valence-corrected chi connectivity index (χ4v) is 6.86. The number of hydrogen-bond donors (Lipinski definition) is 7. The standard InChI is InChI=1S/C22H31N7O3.C8H10AsNO5/c1-3-19(31)28-10-4-6-17(28)21-24-12-15(26-21)16-13-25-22(27-16)18-7-5-11-29(18)20(32)8-9-23-14(2)30;1-5(11)10-7-4-6(9(13,14)15)2-3-8(7)12/h12-13,17-18H,3-11H2,1-2H3,(H,23,30)(H,24,26)(H,25,27);2-4,12H,1H3,(H,10,11)(H2,13,14,15)/t17-,18-;/m0./s1. The summed E-state index contributed by atoms with van der Waals surface area (Å²) in [7, 11) is 0. The van der Waals surface area contributed by atoms with Crippen LogP contribution < -0.4 is 15.0 Å². The minimum absolute atomic E-state index is 0.00912. The van der Waals surface area contributed by atoms with E-state index < -0.39 is 20.1 Å². The summed E-state index contributed by atoms with van der Waals surface area (Å²) >= 11 is -4.98. The number of carbonyl (C=O) groups is 4. The Bertz CT molecular complexity index is 1650. The first-order valence-electron chi connectivity index (χ1n) is 15.4. The Morgan fingerprint density at radius 1 is 0.915 bits per heavy atom. The summed E-state index contributed by atoms with van der Waals surface area (Å²) in [5.74, 6) is 0.920. The van der Waals surface area contributed by atoms with Gasteiger partial charge in [0.2, 0.25) is 17.7 Å². The molecule has 3 aromatic rings. The Kier molecular flexibility index (Phi) is 11.7. The number of H-pyrrole nitrogens is 2. The number of aromatic amines is 2. The summed E-state index contributed by atoms with van der Waals surface area (Å²) < 4.78 is 28.6. The summed E-state index contributed by atoms with van der Waals surface area (Å²) in [5, 5.41) is 14.2. The average molecular weight is 717 g/mol. The summed E-state index contributed by atoms with van der Waals surface area (Å²) in [6, 6.07) is 3.21. The maximum atomic E-state index is 12.6. The van der Waals surface area contributed by atoms with Crippen molar-refractivity contribution in [2.45, 2.75) is 71.4 Å². The molecule has 0 bridgehead atoms. The number of imidazole rings is 2. The van der Waals surface area contributed by atoms with Gasteiger partial charge in [-0.2, -0.15) is 0 Å². The van der Waals surface area contributed by atoms with Gasteiger partial charge < -0.3 is 25.1 Å². The number of likely N-dealkylation sites (tertiary alicyclic amines) is 2. The van der Waals surface area contributed by atoms with Crippen LogP contribution in [0.15, 0.2) is 30.6 Å². The normalized spacial score (nSPS) is 17.6. The fourth-order valence-electron chi connectivity index (χ4n) is 5.67. The third kappa shape index (κ3) is 9.11. The number of anilines is 1. The molecule has 0 spiro atoms. The number of nitrogens with one attached hydrogen (secondary N) is 4. The third-order valence-corrected chi connectivity index (χ3v) is 9.90. The Hall–Kier alpha value is -4.40. The van der Waals surface area contributed by atoms with Crippen LogP contribution in [0.4, 0.5) is 5.69 Å². The molecule has 0 unspecified atom stereocenters. The number of phenolic OH excluding ortho intramolecular Hbond substituents is 1. The van der Waals surface area contributed by atoms with Gasteiger partial charge in [-0.05, 0) is 25.7 Å². The molecule has 0 aliphatic carbocycles. The van der Waals surface area contributed by atoms with E-state index in [1.54, 1.807) is 12.4 Å². The van der Waals surface area contributed by atoms with Crippen LogP contribution in [0.1, 0.15) is 83.0 Å². The van der Waals surface area contributed by atoms with E-state index in [1.807, 2.05) is 16.7 Å². The zero-order chi connectivity index (χ0) is 34.3. The Morgan fingerprint density at radius 3 is 1.96 bits per heavy atom. The molecule has 5 rings (SSSR count). The SMILES string of the molecule is CC(=O)Nc1cc([As](=O)(O)O)ccc1O.CCC(=O)N1CCC[C@H]1c1ncc(-c2cnc([C@@H]3CCCN3C(=O)CCNC(C)=O)[nH]2)[nH]1.